The van der Waals surface area contributed by atoms with Crippen molar-refractivity contribution >= 4 is 73.5 Å². The third-order valence-corrected chi connectivity index (χ3v) is 13.5. The van der Waals surface area contributed by atoms with Crippen molar-refractivity contribution in [2.24, 2.45) is 0 Å². The van der Waals surface area contributed by atoms with E-state index in [1.54, 1.807) is 5.56 Å². The lowest BCUT2D eigenvalue weighted by molar-refractivity contribution is 0.195. The van der Waals surface area contributed by atoms with E-state index in [9.17, 15) is 0 Å². The first-order valence-corrected chi connectivity index (χ1v) is 19.2. The van der Waals surface area contributed by atoms with Crippen LogP contribution in [0, 0.1) is 6.92 Å². The molecule has 2 unspecified atom stereocenters. The molecule has 4 heteroatoms. The summed E-state index contributed by atoms with van der Waals surface area (Å²) in [7, 11) is 0. The van der Waals surface area contributed by atoms with E-state index in [1.807, 2.05) is 0 Å². The van der Waals surface area contributed by atoms with Crippen LogP contribution in [0.25, 0.3) is 21.9 Å². The predicted octanol–water partition coefficient (Wildman–Crippen LogP) is 10.8. The molecule has 256 valence electrons. The monoisotopic (exact) mass is 668 g/mol. The number of aryl methyl sites for hydroxylation is 1. The van der Waals surface area contributed by atoms with Gasteiger partial charge in [0.2, 0.25) is 0 Å². The van der Waals surface area contributed by atoms with Crippen molar-refractivity contribution in [1.29, 1.82) is 0 Å². The Morgan fingerprint density at radius 1 is 0.686 bits per heavy atom. The molecule has 6 aromatic rings. The fraction of sp³-hybridized carbons (Fsp3) is 0.362. The summed E-state index contributed by atoms with van der Waals surface area (Å²) in [4.78, 5) is 5.39. The van der Waals surface area contributed by atoms with Crippen LogP contribution in [-0.2, 0) is 16.2 Å². The highest BCUT2D eigenvalue weighted by Gasteiger charge is 2.61. The molecule has 1 aliphatic carbocycles. The highest BCUT2D eigenvalue weighted by atomic mass is 16.3. The summed E-state index contributed by atoms with van der Waals surface area (Å²) in [6, 6.07) is 32.8. The maximum absolute atomic E-state index is 7.01. The molecule has 1 fully saturated rings. The lowest BCUT2D eigenvalue weighted by Crippen LogP contribution is -2.64. The van der Waals surface area contributed by atoms with Crippen LogP contribution in [-0.4, -0.2) is 12.3 Å². The molecule has 1 saturated carbocycles. The van der Waals surface area contributed by atoms with Gasteiger partial charge in [0, 0.05) is 44.6 Å². The summed E-state index contributed by atoms with van der Waals surface area (Å²) in [6.45, 7) is 21.6. The zero-order valence-electron chi connectivity index (χ0n) is 31.8. The molecule has 1 aromatic heterocycles. The van der Waals surface area contributed by atoms with Gasteiger partial charge in [-0.1, -0.05) is 104 Å². The lowest BCUT2D eigenvalue weighted by Gasteiger charge is -2.52. The lowest BCUT2D eigenvalue weighted by atomic mass is 9.33. The largest absolute Gasteiger partial charge is 0.457 e. The van der Waals surface area contributed by atoms with E-state index in [2.05, 4.69) is 157 Å². The van der Waals surface area contributed by atoms with Gasteiger partial charge in [0.15, 0.2) is 0 Å². The van der Waals surface area contributed by atoms with Crippen molar-refractivity contribution in [1.82, 2.24) is 0 Å². The molecule has 0 radical (unpaired) electrons. The van der Waals surface area contributed by atoms with E-state index < -0.39 is 0 Å². The number of para-hydroxylation sites is 1. The van der Waals surface area contributed by atoms with E-state index >= 15 is 0 Å². The third-order valence-electron chi connectivity index (χ3n) is 13.5. The number of rotatable bonds is 1. The topological polar surface area (TPSA) is 19.6 Å². The quantitative estimate of drug-likeness (QED) is 0.162. The Bertz CT molecular complexity index is 2460. The zero-order chi connectivity index (χ0) is 35.4. The molecule has 5 aromatic carbocycles. The van der Waals surface area contributed by atoms with Gasteiger partial charge in [-0.25, -0.2) is 0 Å². The van der Waals surface area contributed by atoms with E-state index in [1.165, 1.54) is 98.0 Å². The second kappa shape index (κ2) is 9.91. The number of benzene rings is 5. The van der Waals surface area contributed by atoms with Crippen LogP contribution in [0.15, 0.2) is 89.3 Å². The summed E-state index contributed by atoms with van der Waals surface area (Å²) >= 11 is 0. The third kappa shape index (κ3) is 3.97. The van der Waals surface area contributed by atoms with Gasteiger partial charge in [-0.05, 0) is 119 Å². The molecule has 51 heavy (non-hydrogen) atoms. The molecule has 3 aliphatic heterocycles. The number of hydrogen-bond donors (Lipinski definition) is 0. The zero-order valence-corrected chi connectivity index (χ0v) is 31.8. The Kier molecular flexibility index (Phi) is 6.08. The van der Waals surface area contributed by atoms with Gasteiger partial charge in [0.05, 0.1) is 5.54 Å². The molecule has 4 heterocycles. The maximum Gasteiger partial charge on any atom is 0.257 e. The summed E-state index contributed by atoms with van der Waals surface area (Å²) in [5.41, 5.74) is 18.4. The summed E-state index contributed by atoms with van der Waals surface area (Å²) in [6.07, 6.45) is 4.96. The normalized spacial score (nSPS) is 21.9. The first-order chi connectivity index (χ1) is 24.2. The molecular weight excluding hydrogens is 619 g/mol. The standard InChI is InChI=1S/C47H49BN2O/c1-28-24-37-40-38(25-28)50-42-34(46(8)22-12-13-23-47(46,50)9)26-30(45(5,6)7)27-35(42)48(40)41-36(49(37)31-18-16-29(17-19-31)44(2,3)4)21-20-33-32-14-10-11-15-39(32)51-43(33)41/h10-11,14-21,24-27H,12-13,22-23H2,1-9H3. The van der Waals surface area contributed by atoms with Crippen LogP contribution < -0.4 is 26.2 Å². The number of fused-ring (bicyclic) bond motifs is 11. The van der Waals surface area contributed by atoms with Gasteiger partial charge in [-0.3, -0.25) is 0 Å². The summed E-state index contributed by atoms with van der Waals surface area (Å²) in [5.74, 6) is 0. The van der Waals surface area contributed by atoms with Crippen molar-refractivity contribution in [3.63, 3.8) is 0 Å². The fourth-order valence-electron chi connectivity index (χ4n) is 10.6. The number of nitrogens with zero attached hydrogens (tertiary/aromatic N) is 2. The number of anilines is 5. The Labute approximate surface area is 303 Å². The van der Waals surface area contributed by atoms with E-state index in [4.69, 9.17) is 4.42 Å². The Morgan fingerprint density at radius 3 is 2.14 bits per heavy atom. The van der Waals surface area contributed by atoms with Crippen molar-refractivity contribution in [2.75, 3.05) is 9.80 Å². The molecule has 0 spiro atoms. The molecule has 10 rings (SSSR count). The molecule has 4 aliphatic rings. The van der Waals surface area contributed by atoms with Gasteiger partial charge in [0.1, 0.15) is 11.2 Å². The summed E-state index contributed by atoms with van der Waals surface area (Å²) in [5, 5.41) is 2.38. The molecular formula is C47H49BN2O. The smallest absolute Gasteiger partial charge is 0.257 e. The Hall–Kier alpha value is -4.44. The molecule has 3 nitrogen and oxygen atoms in total. The average Bonchev–Trinajstić information content (AvgIpc) is 3.56. The van der Waals surface area contributed by atoms with Crippen LogP contribution >= 0.6 is 0 Å². The van der Waals surface area contributed by atoms with Crippen LogP contribution in [0.2, 0.25) is 0 Å². The van der Waals surface area contributed by atoms with Crippen molar-refractivity contribution in [3.8, 4) is 0 Å². The van der Waals surface area contributed by atoms with Crippen LogP contribution in [0.4, 0.5) is 28.4 Å². The first kappa shape index (κ1) is 31.3. The van der Waals surface area contributed by atoms with Crippen LogP contribution in [0.1, 0.15) is 103 Å². The van der Waals surface area contributed by atoms with Gasteiger partial charge in [-0.15, -0.1) is 0 Å². The molecule has 0 saturated heterocycles. The van der Waals surface area contributed by atoms with Crippen LogP contribution in [0.5, 0.6) is 0 Å². The second-order valence-electron chi connectivity index (χ2n) is 18.6. The minimum Gasteiger partial charge on any atom is -0.457 e. The second-order valence-corrected chi connectivity index (χ2v) is 18.6. The average molecular weight is 669 g/mol. The first-order valence-electron chi connectivity index (χ1n) is 19.2. The highest BCUT2D eigenvalue weighted by Crippen LogP contribution is 2.62. The molecule has 0 amide bonds. The Balaban J connectivity index is 1.37. The van der Waals surface area contributed by atoms with Gasteiger partial charge in [0.25, 0.3) is 6.71 Å². The fourth-order valence-corrected chi connectivity index (χ4v) is 10.6. The molecule has 2 atom stereocenters. The van der Waals surface area contributed by atoms with Crippen molar-refractivity contribution in [3.05, 3.63) is 107 Å². The van der Waals surface area contributed by atoms with Crippen molar-refractivity contribution in [2.45, 2.75) is 110 Å². The van der Waals surface area contributed by atoms with Gasteiger partial charge >= 0.3 is 0 Å². The highest BCUT2D eigenvalue weighted by molar-refractivity contribution is 7.01. The Morgan fingerprint density at radius 2 is 1.39 bits per heavy atom. The molecule has 0 N–H and O–H groups in total. The SMILES string of the molecule is Cc1cc2c3c(c1)N1c4c(cc(C(C)(C)C)cc4C4(C)CCCCC14C)B3c1c(ccc3c1oc1ccccc13)N2c1ccc(C(C)(C)C)cc1. The predicted molar refractivity (Wildman–Crippen MR) is 218 cm³/mol. The van der Waals surface area contributed by atoms with Crippen molar-refractivity contribution < 1.29 is 4.42 Å². The van der Waals surface area contributed by atoms with E-state index in [-0.39, 0.29) is 28.5 Å². The minimum atomic E-state index is -0.0176. The van der Waals surface area contributed by atoms with E-state index in [0.29, 0.717) is 0 Å². The minimum absolute atomic E-state index is 0.0144. The maximum atomic E-state index is 7.01. The van der Waals surface area contributed by atoms with E-state index in [0.717, 1.165) is 11.2 Å². The number of hydrogen-bond acceptors (Lipinski definition) is 3. The summed E-state index contributed by atoms with van der Waals surface area (Å²) < 4.78 is 7.01. The van der Waals surface area contributed by atoms with Gasteiger partial charge in [-0.2, -0.15) is 0 Å². The van der Waals surface area contributed by atoms with Gasteiger partial charge < -0.3 is 14.2 Å². The van der Waals surface area contributed by atoms with Crippen LogP contribution in [0.3, 0.4) is 0 Å². The number of furan rings is 1. The molecule has 0 bridgehead atoms.